The first kappa shape index (κ1) is 40.8. The molecule has 0 N–H and O–H groups in total. The van der Waals surface area contributed by atoms with E-state index >= 15 is 0 Å². The second kappa shape index (κ2) is 11.1. The molecule has 0 bridgehead atoms. The number of rotatable bonds is 12. The molecule has 0 amide bonds. The number of sulfonamides is 1. The van der Waals surface area contributed by atoms with Gasteiger partial charge in [0.1, 0.15) is 0 Å². The summed E-state index contributed by atoms with van der Waals surface area (Å²) in [6.45, 7) is -2.97. The maximum Gasteiger partial charge on any atom is 1.00 e. The van der Waals surface area contributed by atoms with Gasteiger partial charge in [0.2, 0.25) is 10.0 Å². The third-order valence-corrected chi connectivity index (χ3v) is 6.15. The van der Waals surface area contributed by atoms with Crippen molar-refractivity contribution in [1.29, 1.82) is 0 Å². The van der Waals surface area contributed by atoms with Crippen LogP contribution in [-0.4, -0.2) is 84.7 Å². The fourth-order valence-corrected chi connectivity index (χ4v) is 3.23. The van der Waals surface area contributed by atoms with Gasteiger partial charge in [-0.25, -0.2) is 8.42 Å². The van der Waals surface area contributed by atoms with Crippen LogP contribution in [0.3, 0.4) is 0 Å². The smallest absolute Gasteiger partial charge is 0.549 e. The number of alkyl halides is 19. The largest absolute Gasteiger partial charge is 1.00 e. The zero-order valence-corrected chi connectivity index (χ0v) is 22.0. The van der Waals surface area contributed by atoms with E-state index in [4.69, 9.17) is 0 Å². The number of hydrogen-bond acceptors (Lipinski definition) is 4. The zero-order chi connectivity index (χ0) is 31.6. The van der Waals surface area contributed by atoms with Crippen LogP contribution in [0.2, 0.25) is 0 Å². The van der Waals surface area contributed by atoms with Gasteiger partial charge in [-0.1, -0.05) is 0 Å². The Kier molecular flexibility index (Phi) is 11.6. The summed E-state index contributed by atoms with van der Waals surface area (Å²) >= 11 is 0. The summed E-state index contributed by atoms with van der Waals surface area (Å²) in [4.78, 5) is 10.4. The Morgan fingerprint density at radius 1 is 0.590 bits per heavy atom. The number of aliphatic carboxylic acids is 1. The fourth-order valence-electron chi connectivity index (χ4n) is 2.15. The molecule has 0 aliphatic heterocycles. The molecule has 0 fully saturated rings. The van der Waals surface area contributed by atoms with E-state index in [2.05, 4.69) is 0 Å². The van der Waals surface area contributed by atoms with Crippen LogP contribution in [0, 0.1) is 0 Å². The quantitative estimate of drug-likeness (QED) is 0.176. The minimum atomic E-state index is -9.19. The molecule has 0 saturated heterocycles. The molecule has 5 nitrogen and oxygen atoms in total. The molecular weight excluding hydrogens is 666 g/mol. The van der Waals surface area contributed by atoms with Crippen molar-refractivity contribution in [1.82, 2.24) is 4.31 Å². The maximum absolute atomic E-state index is 14.0. The predicted octanol–water partition coefficient (Wildman–Crippen LogP) is 0.994. The number of hydrogen-bond donors (Lipinski definition) is 0. The molecule has 0 atom stereocenters. The van der Waals surface area contributed by atoms with E-state index in [1.54, 1.807) is 0 Å². The SMILES string of the molecule is CCS(=O)(=O)N(CC(=O)[O-])C(F)(F)C(F)(F)C(F)(F)C(F)(F)C(F)(F)C(F)(F)C(F)(F)C(F)(F)C(F)(F)F.[K+]. The van der Waals surface area contributed by atoms with Gasteiger partial charge in [0.25, 0.3) is 0 Å². The second-order valence-electron chi connectivity index (χ2n) is 6.84. The number of carboxylic acids is 1. The molecule has 26 heteroatoms. The molecule has 0 heterocycles. The van der Waals surface area contributed by atoms with E-state index in [1.165, 1.54) is 0 Å². The van der Waals surface area contributed by atoms with Gasteiger partial charge in [0.05, 0.1) is 18.3 Å². The van der Waals surface area contributed by atoms with Gasteiger partial charge in [-0.2, -0.15) is 83.4 Å². The first-order chi connectivity index (χ1) is 16.1. The van der Waals surface area contributed by atoms with E-state index < -0.39 is 86.3 Å². The van der Waals surface area contributed by atoms with Crippen molar-refractivity contribution in [3.05, 3.63) is 0 Å². The fraction of sp³-hybridized carbons (Fsp3) is 0.923. The third kappa shape index (κ3) is 5.84. The Morgan fingerprint density at radius 3 is 1.08 bits per heavy atom. The van der Waals surface area contributed by atoms with Crippen LogP contribution in [0.5, 0.6) is 0 Å². The molecule has 228 valence electrons. The minimum absolute atomic E-state index is 0. The molecule has 0 radical (unpaired) electrons. The molecule has 0 rings (SSSR count). The number of carboxylic acid groups (broad SMARTS) is 1. The number of carbonyl (C=O) groups excluding carboxylic acids is 1. The van der Waals surface area contributed by atoms with Crippen molar-refractivity contribution in [3.63, 3.8) is 0 Å². The average Bonchev–Trinajstić information content (AvgIpc) is 2.69. The van der Waals surface area contributed by atoms with Gasteiger partial charge in [-0.15, -0.1) is 4.31 Å². The minimum Gasteiger partial charge on any atom is -0.549 e. The van der Waals surface area contributed by atoms with Crippen LogP contribution in [-0.2, 0) is 14.8 Å². The Morgan fingerprint density at radius 2 is 0.846 bits per heavy atom. The van der Waals surface area contributed by atoms with Gasteiger partial charge in [0.15, 0.2) is 0 Å². The molecule has 0 unspecified atom stereocenters. The number of halogens is 19. The van der Waals surface area contributed by atoms with Crippen molar-refractivity contribution >= 4 is 16.0 Å². The van der Waals surface area contributed by atoms with Gasteiger partial charge < -0.3 is 9.90 Å². The Hall–Kier alpha value is -0.314. The van der Waals surface area contributed by atoms with E-state index in [-0.39, 0.29) is 58.3 Å². The topological polar surface area (TPSA) is 77.5 Å². The van der Waals surface area contributed by atoms with Crippen LogP contribution < -0.4 is 56.5 Å². The van der Waals surface area contributed by atoms with Gasteiger partial charge >= 0.3 is 105 Å². The van der Waals surface area contributed by atoms with Crippen LogP contribution in [0.1, 0.15) is 6.92 Å². The van der Waals surface area contributed by atoms with Crippen LogP contribution >= 0.6 is 0 Å². The Balaban J connectivity index is 0. The van der Waals surface area contributed by atoms with Gasteiger partial charge in [-0.05, 0) is 6.92 Å². The normalized spacial score (nSPS) is 15.8. The van der Waals surface area contributed by atoms with E-state index in [0.29, 0.717) is 0 Å². The summed E-state index contributed by atoms with van der Waals surface area (Å²) in [6, 6.07) is -7.67. The Labute approximate surface area is 245 Å². The van der Waals surface area contributed by atoms with Gasteiger partial charge in [0, 0.05) is 0 Å². The molecule has 39 heavy (non-hydrogen) atoms. The number of carbonyl (C=O) groups is 1. The first-order valence-electron chi connectivity index (χ1n) is 8.40. The van der Waals surface area contributed by atoms with E-state index in [9.17, 15) is 102 Å². The molecule has 0 spiro atoms. The van der Waals surface area contributed by atoms with E-state index in [1.807, 2.05) is 0 Å². The first-order valence-corrected chi connectivity index (χ1v) is 10.0. The molecule has 0 aromatic carbocycles. The molecule has 0 aliphatic rings. The Bertz CT molecular complexity index is 1010. The second-order valence-corrected chi connectivity index (χ2v) is 9.02. The van der Waals surface area contributed by atoms with Crippen molar-refractivity contribution in [3.8, 4) is 0 Å². The van der Waals surface area contributed by atoms with E-state index in [0.717, 1.165) is 0 Å². The summed E-state index contributed by atoms with van der Waals surface area (Å²) in [5.41, 5.74) is 0. The molecule has 0 aromatic heterocycles. The summed E-state index contributed by atoms with van der Waals surface area (Å²) < 4.78 is 272. The van der Waals surface area contributed by atoms with Crippen molar-refractivity contribution in [2.45, 2.75) is 60.6 Å². The molecule has 0 aliphatic carbocycles. The molecule has 0 saturated carbocycles. The average molecular weight is 673 g/mol. The number of nitrogens with zero attached hydrogens (tertiary/aromatic N) is 1. The summed E-state index contributed by atoms with van der Waals surface area (Å²) in [7, 11) is -6.30. The monoisotopic (exact) mass is 673 g/mol. The molecule has 0 aromatic rings. The molecular formula is C13H7F19KNO4S. The standard InChI is InChI=1S/C13H8F19NO4S.K/c1-2-38(36,37)33(3-4(34)35)13(31,32)11(26,27)9(22,23)7(18,19)5(14,15)6(16,17)8(20,21)10(24,25)12(28,29)30;/h2-3H2,1H3,(H,34,35);/q;+1/p-1. The maximum atomic E-state index is 14.0. The van der Waals surface area contributed by atoms with Gasteiger partial charge in [-0.3, -0.25) is 0 Å². The van der Waals surface area contributed by atoms with Crippen LogP contribution in [0.15, 0.2) is 0 Å². The van der Waals surface area contributed by atoms with Crippen molar-refractivity contribution < 1.29 is 153 Å². The van der Waals surface area contributed by atoms with Crippen molar-refractivity contribution in [2.24, 2.45) is 0 Å². The van der Waals surface area contributed by atoms with Crippen LogP contribution in [0.4, 0.5) is 83.4 Å². The predicted molar refractivity (Wildman–Crippen MR) is 76.8 cm³/mol. The third-order valence-electron chi connectivity index (χ3n) is 4.39. The zero-order valence-electron chi connectivity index (χ0n) is 18.1. The summed E-state index contributed by atoms with van der Waals surface area (Å²) in [6.07, 6.45) is -8.02. The van der Waals surface area contributed by atoms with Crippen molar-refractivity contribution in [2.75, 3.05) is 12.3 Å². The van der Waals surface area contributed by atoms with Crippen LogP contribution in [0.25, 0.3) is 0 Å². The summed E-state index contributed by atoms with van der Waals surface area (Å²) in [5.74, 6) is -67.4. The summed E-state index contributed by atoms with van der Waals surface area (Å²) in [5, 5.41) is 10.4.